The molecule has 1 aromatic carbocycles. The number of aryl methyl sites for hydroxylation is 1. The average molecular weight is 388 g/mol. The van der Waals surface area contributed by atoms with Crippen LogP contribution in [0.3, 0.4) is 0 Å². The van der Waals surface area contributed by atoms with Gasteiger partial charge in [-0.25, -0.2) is 4.98 Å². The zero-order chi connectivity index (χ0) is 15.4. The topological polar surface area (TPSA) is 45.2 Å². The lowest BCUT2D eigenvalue weighted by molar-refractivity contribution is -0.130. The molecule has 1 saturated heterocycles. The van der Waals surface area contributed by atoms with E-state index >= 15 is 0 Å². The lowest BCUT2D eigenvalue weighted by Crippen LogP contribution is -2.35. The molecule has 1 amide bonds. The maximum Gasteiger partial charge on any atom is 0.228 e. The first kappa shape index (κ1) is 20.9. The van der Waals surface area contributed by atoms with Crippen LogP contribution in [0.2, 0.25) is 0 Å². The smallest absolute Gasteiger partial charge is 0.228 e. The van der Waals surface area contributed by atoms with Crippen molar-refractivity contribution in [2.45, 2.75) is 19.8 Å². The Balaban J connectivity index is 0.00000144. The molecular formula is C17H23Cl2N3OS. The summed E-state index contributed by atoms with van der Waals surface area (Å²) in [5, 5.41) is 6.31. The van der Waals surface area contributed by atoms with Crippen LogP contribution in [0.25, 0.3) is 10.6 Å². The minimum Gasteiger partial charge on any atom is -0.341 e. The summed E-state index contributed by atoms with van der Waals surface area (Å²) in [6.07, 6.45) is 1.43. The van der Waals surface area contributed by atoms with Crippen molar-refractivity contribution in [2.24, 2.45) is 0 Å². The number of hydrogen-bond acceptors (Lipinski definition) is 4. The van der Waals surface area contributed by atoms with Crippen LogP contribution in [0.4, 0.5) is 0 Å². The molecule has 0 aliphatic carbocycles. The van der Waals surface area contributed by atoms with Gasteiger partial charge in [0.05, 0.1) is 12.1 Å². The third-order valence-electron chi connectivity index (χ3n) is 3.84. The monoisotopic (exact) mass is 387 g/mol. The Labute approximate surface area is 159 Å². The van der Waals surface area contributed by atoms with E-state index in [1.165, 1.54) is 5.56 Å². The largest absolute Gasteiger partial charge is 0.341 e. The van der Waals surface area contributed by atoms with E-state index < -0.39 is 0 Å². The number of hydrogen-bond donors (Lipinski definition) is 1. The first-order valence-electron chi connectivity index (χ1n) is 7.72. The van der Waals surface area contributed by atoms with Crippen LogP contribution in [0.1, 0.15) is 17.7 Å². The average Bonchev–Trinajstić information content (AvgIpc) is 2.80. The zero-order valence-electron chi connectivity index (χ0n) is 13.7. The number of halogens is 2. The van der Waals surface area contributed by atoms with Gasteiger partial charge in [-0.1, -0.05) is 23.8 Å². The first-order chi connectivity index (χ1) is 10.7. The Hall–Kier alpha value is -1.14. The Morgan fingerprint density at radius 2 is 2.12 bits per heavy atom. The molecular weight excluding hydrogens is 365 g/mol. The molecule has 4 nitrogen and oxygen atoms in total. The number of rotatable bonds is 3. The van der Waals surface area contributed by atoms with E-state index in [0.717, 1.165) is 48.9 Å². The highest BCUT2D eigenvalue weighted by atomic mass is 35.5. The quantitative estimate of drug-likeness (QED) is 0.878. The van der Waals surface area contributed by atoms with Crippen molar-refractivity contribution in [3.05, 3.63) is 40.9 Å². The first-order valence-corrected chi connectivity index (χ1v) is 8.60. The molecule has 1 aromatic heterocycles. The zero-order valence-corrected chi connectivity index (χ0v) is 16.1. The summed E-state index contributed by atoms with van der Waals surface area (Å²) >= 11 is 1.61. The standard InChI is InChI=1S/C17H21N3OS.2ClH/c1-13-4-2-5-14(10-13)17-19-15(12-22-17)11-16(21)20-8-3-6-18-7-9-20;;/h2,4-5,10,12,18H,3,6-9,11H2,1H3;2*1H. The molecule has 0 radical (unpaired) electrons. The lowest BCUT2D eigenvalue weighted by atomic mass is 10.1. The number of nitrogens with zero attached hydrogens (tertiary/aromatic N) is 2. The summed E-state index contributed by atoms with van der Waals surface area (Å²) in [6.45, 7) is 5.61. The van der Waals surface area contributed by atoms with Gasteiger partial charge in [0.2, 0.25) is 5.91 Å². The van der Waals surface area contributed by atoms with Gasteiger partial charge < -0.3 is 10.2 Å². The van der Waals surface area contributed by atoms with Crippen molar-refractivity contribution >= 4 is 42.1 Å². The molecule has 2 aromatic rings. The van der Waals surface area contributed by atoms with Crippen molar-refractivity contribution in [3.8, 4) is 10.6 Å². The summed E-state index contributed by atoms with van der Waals surface area (Å²) in [6, 6.07) is 8.32. The van der Waals surface area contributed by atoms with Gasteiger partial charge in [0.25, 0.3) is 0 Å². The van der Waals surface area contributed by atoms with Gasteiger partial charge in [0.15, 0.2) is 0 Å². The van der Waals surface area contributed by atoms with Gasteiger partial charge >= 0.3 is 0 Å². The van der Waals surface area contributed by atoms with E-state index in [-0.39, 0.29) is 30.7 Å². The van der Waals surface area contributed by atoms with E-state index in [4.69, 9.17) is 0 Å². The molecule has 1 aliphatic heterocycles. The van der Waals surface area contributed by atoms with Crippen molar-refractivity contribution in [1.29, 1.82) is 0 Å². The molecule has 0 bridgehead atoms. The number of carbonyl (C=O) groups is 1. The van der Waals surface area contributed by atoms with Crippen LogP contribution in [-0.2, 0) is 11.2 Å². The second-order valence-electron chi connectivity index (χ2n) is 5.67. The van der Waals surface area contributed by atoms with Gasteiger partial charge in [-0.15, -0.1) is 36.2 Å². The lowest BCUT2D eigenvalue weighted by Gasteiger charge is -2.19. The normalized spacial score (nSPS) is 14.3. The van der Waals surface area contributed by atoms with Crippen LogP contribution in [0.15, 0.2) is 29.6 Å². The highest BCUT2D eigenvalue weighted by molar-refractivity contribution is 7.13. The molecule has 1 N–H and O–H groups in total. The second-order valence-corrected chi connectivity index (χ2v) is 6.53. The molecule has 3 rings (SSSR count). The van der Waals surface area contributed by atoms with E-state index in [0.29, 0.717) is 6.42 Å². The predicted octanol–water partition coefficient (Wildman–Crippen LogP) is 3.33. The van der Waals surface area contributed by atoms with Gasteiger partial charge in [0.1, 0.15) is 5.01 Å². The Kier molecular flexibility index (Phi) is 8.70. The summed E-state index contributed by atoms with van der Waals surface area (Å²) in [7, 11) is 0. The minimum atomic E-state index is 0. The van der Waals surface area contributed by atoms with Gasteiger partial charge in [-0.2, -0.15) is 0 Å². The Morgan fingerprint density at radius 1 is 1.29 bits per heavy atom. The fraction of sp³-hybridized carbons (Fsp3) is 0.412. The van der Waals surface area contributed by atoms with Crippen LogP contribution >= 0.6 is 36.2 Å². The highest BCUT2D eigenvalue weighted by Crippen LogP contribution is 2.24. The van der Waals surface area contributed by atoms with E-state index in [1.54, 1.807) is 11.3 Å². The summed E-state index contributed by atoms with van der Waals surface area (Å²) < 4.78 is 0. The minimum absolute atomic E-state index is 0. The third kappa shape index (κ3) is 5.45. The number of benzene rings is 1. The number of thiazole rings is 1. The highest BCUT2D eigenvalue weighted by Gasteiger charge is 2.17. The second kappa shape index (κ2) is 9.99. The molecule has 1 aliphatic rings. The van der Waals surface area contributed by atoms with Crippen LogP contribution in [0.5, 0.6) is 0 Å². The van der Waals surface area contributed by atoms with Crippen molar-refractivity contribution in [2.75, 3.05) is 26.2 Å². The van der Waals surface area contributed by atoms with Crippen molar-refractivity contribution in [1.82, 2.24) is 15.2 Å². The summed E-state index contributed by atoms with van der Waals surface area (Å²) in [4.78, 5) is 19.0. The molecule has 1 fully saturated rings. The molecule has 0 saturated carbocycles. The predicted molar refractivity (Wildman–Crippen MR) is 105 cm³/mol. The van der Waals surface area contributed by atoms with Crippen molar-refractivity contribution in [3.63, 3.8) is 0 Å². The molecule has 24 heavy (non-hydrogen) atoms. The van der Waals surface area contributed by atoms with Crippen LogP contribution in [0, 0.1) is 6.92 Å². The maximum atomic E-state index is 12.4. The number of aromatic nitrogens is 1. The van der Waals surface area contributed by atoms with E-state index in [1.807, 2.05) is 16.3 Å². The fourth-order valence-electron chi connectivity index (χ4n) is 2.66. The molecule has 0 unspecified atom stereocenters. The fourth-order valence-corrected chi connectivity index (χ4v) is 3.48. The van der Waals surface area contributed by atoms with E-state index in [9.17, 15) is 4.79 Å². The molecule has 2 heterocycles. The Bertz CT molecular complexity index is 655. The molecule has 7 heteroatoms. The Morgan fingerprint density at radius 3 is 2.92 bits per heavy atom. The molecule has 0 spiro atoms. The van der Waals surface area contributed by atoms with Gasteiger partial charge in [-0.05, 0) is 26.0 Å². The summed E-state index contributed by atoms with van der Waals surface area (Å²) in [5.41, 5.74) is 3.23. The number of carbonyl (C=O) groups excluding carboxylic acids is 1. The van der Waals surface area contributed by atoms with Crippen LogP contribution in [-0.4, -0.2) is 42.0 Å². The SMILES string of the molecule is Cc1cccc(-c2nc(CC(=O)N3CCCNCC3)cs2)c1.Cl.Cl. The maximum absolute atomic E-state index is 12.4. The summed E-state index contributed by atoms with van der Waals surface area (Å²) in [5.74, 6) is 0.185. The van der Waals surface area contributed by atoms with E-state index in [2.05, 4.69) is 35.4 Å². The van der Waals surface area contributed by atoms with Gasteiger partial charge in [0, 0.05) is 30.6 Å². The van der Waals surface area contributed by atoms with Gasteiger partial charge in [-0.3, -0.25) is 4.79 Å². The number of amides is 1. The third-order valence-corrected chi connectivity index (χ3v) is 4.78. The molecule has 132 valence electrons. The number of nitrogens with one attached hydrogen (secondary N) is 1. The molecule has 0 atom stereocenters. The van der Waals surface area contributed by atoms with Crippen LogP contribution < -0.4 is 5.32 Å². The van der Waals surface area contributed by atoms with Crippen molar-refractivity contribution < 1.29 is 4.79 Å².